The summed E-state index contributed by atoms with van der Waals surface area (Å²) < 4.78 is 26.6. The van der Waals surface area contributed by atoms with Gasteiger partial charge in [0.25, 0.3) is 5.56 Å². The Morgan fingerprint density at radius 3 is 2.76 bits per heavy atom. The van der Waals surface area contributed by atoms with Gasteiger partial charge < -0.3 is 14.6 Å². The summed E-state index contributed by atoms with van der Waals surface area (Å²) in [5.74, 6) is -0.466. The van der Waals surface area contributed by atoms with Crippen LogP contribution in [0.15, 0.2) is 21.9 Å². The van der Waals surface area contributed by atoms with E-state index in [0.717, 1.165) is 30.2 Å². The van der Waals surface area contributed by atoms with Gasteiger partial charge in [0.1, 0.15) is 18.3 Å². The van der Waals surface area contributed by atoms with Crippen molar-refractivity contribution in [2.75, 3.05) is 6.61 Å². The van der Waals surface area contributed by atoms with Gasteiger partial charge in [-0.15, -0.1) is 0 Å². The predicted molar refractivity (Wildman–Crippen MR) is 85.9 cm³/mol. The zero-order chi connectivity index (χ0) is 18.8. The fraction of sp³-hybridized carbons (Fsp3) is 0.688. The second kappa shape index (κ2) is 7.09. The van der Waals surface area contributed by atoms with E-state index in [-0.39, 0.29) is 13.0 Å². The minimum Gasteiger partial charge on any atom is -0.463 e. The van der Waals surface area contributed by atoms with Crippen LogP contribution in [-0.4, -0.2) is 44.6 Å². The lowest BCUT2D eigenvalue weighted by molar-refractivity contribution is -0.153. The van der Waals surface area contributed by atoms with Crippen LogP contribution >= 0.6 is 0 Å². The summed E-state index contributed by atoms with van der Waals surface area (Å²) in [6, 6.07) is 1.05. The number of carbonyl (C=O) groups is 1. The van der Waals surface area contributed by atoms with Crippen LogP contribution < -0.4 is 11.2 Å². The number of rotatable bonds is 6. The molecule has 0 bridgehead atoms. The number of aliphatic hydroxyl groups is 1. The van der Waals surface area contributed by atoms with Crippen LogP contribution in [0.1, 0.15) is 46.3 Å². The highest BCUT2D eigenvalue weighted by atomic mass is 19.1. The number of H-pyrrole nitrogens is 1. The average Bonchev–Trinajstić information content (AvgIpc) is 2.70. The summed E-state index contributed by atoms with van der Waals surface area (Å²) in [4.78, 5) is 36.7. The third kappa shape index (κ3) is 3.67. The number of ether oxygens (including phenoxy) is 2. The lowest BCUT2D eigenvalue weighted by Gasteiger charge is -2.32. The first kappa shape index (κ1) is 19.3. The maximum atomic E-state index is 15.2. The van der Waals surface area contributed by atoms with Crippen LogP contribution in [-0.2, 0) is 14.3 Å². The highest BCUT2D eigenvalue weighted by molar-refractivity contribution is 5.69. The normalized spacial score (nSPS) is 31.9. The molecule has 1 fully saturated rings. The van der Waals surface area contributed by atoms with Crippen LogP contribution in [0.2, 0.25) is 0 Å². The van der Waals surface area contributed by atoms with Crippen molar-refractivity contribution >= 4 is 5.97 Å². The molecule has 1 saturated heterocycles. The Morgan fingerprint density at radius 2 is 2.16 bits per heavy atom. The van der Waals surface area contributed by atoms with Gasteiger partial charge in [-0.2, -0.15) is 0 Å². The molecule has 0 unspecified atom stereocenters. The van der Waals surface area contributed by atoms with E-state index < -0.39 is 40.8 Å². The summed E-state index contributed by atoms with van der Waals surface area (Å²) in [6.07, 6.45) is 0.156. The smallest absolute Gasteiger partial charge is 0.330 e. The molecule has 1 aliphatic heterocycles. The standard InChI is InChI=1S/C16H23FN2O6/c1-4-5-6-12(21)24-9-10-16(3,23)15(2,17)13(25-10)19-8-7-11(20)18-14(19)22/h7-8,10,13,23H,4-6,9H2,1-3H3,(H,18,20,22)/t10-,13-,15+,16+/m1/s1. The molecule has 0 radical (unpaired) electrons. The average molecular weight is 358 g/mol. The number of halogens is 1. The molecular weight excluding hydrogens is 335 g/mol. The van der Waals surface area contributed by atoms with Crippen molar-refractivity contribution in [3.05, 3.63) is 33.1 Å². The third-order valence-electron chi connectivity index (χ3n) is 4.61. The molecule has 2 rings (SSSR count). The Kier molecular flexibility index (Phi) is 5.48. The van der Waals surface area contributed by atoms with Crippen LogP contribution in [0.5, 0.6) is 0 Å². The Hall–Kier alpha value is -2.00. The van der Waals surface area contributed by atoms with E-state index in [1.54, 1.807) is 0 Å². The second-order valence-electron chi connectivity index (χ2n) is 6.50. The first-order valence-electron chi connectivity index (χ1n) is 8.15. The predicted octanol–water partition coefficient (Wildman–Crippen LogP) is 0.647. The number of hydrogen-bond donors (Lipinski definition) is 2. The number of unbranched alkanes of at least 4 members (excludes halogenated alkanes) is 1. The largest absolute Gasteiger partial charge is 0.463 e. The van der Waals surface area contributed by atoms with Gasteiger partial charge in [0.15, 0.2) is 11.9 Å². The molecule has 2 N–H and O–H groups in total. The second-order valence-corrected chi connectivity index (χ2v) is 6.50. The van der Waals surface area contributed by atoms with Gasteiger partial charge in [-0.3, -0.25) is 19.1 Å². The summed E-state index contributed by atoms with van der Waals surface area (Å²) in [7, 11) is 0. The fourth-order valence-electron chi connectivity index (χ4n) is 2.68. The lowest BCUT2D eigenvalue weighted by Crippen LogP contribution is -2.53. The molecule has 140 valence electrons. The molecule has 2 heterocycles. The van der Waals surface area contributed by atoms with Crippen molar-refractivity contribution in [2.24, 2.45) is 0 Å². The zero-order valence-electron chi connectivity index (χ0n) is 14.5. The van der Waals surface area contributed by atoms with Crippen molar-refractivity contribution in [2.45, 2.75) is 63.6 Å². The van der Waals surface area contributed by atoms with E-state index in [2.05, 4.69) is 0 Å². The molecule has 4 atom stereocenters. The molecule has 9 heteroatoms. The number of alkyl halides is 1. The van der Waals surface area contributed by atoms with Crippen LogP contribution in [0.25, 0.3) is 0 Å². The number of aromatic amines is 1. The first-order chi connectivity index (χ1) is 11.6. The highest BCUT2D eigenvalue weighted by Gasteiger charge is 2.63. The summed E-state index contributed by atoms with van der Waals surface area (Å²) >= 11 is 0. The molecule has 1 aromatic rings. The van der Waals surface area contributed by atoms with Crippen molar-refractivity contribution in [3.8, 4) is 0 Å². The monoisotopic (exact) mass is 358 g/mol. The lowest BCUT2D eigenvalue weighted by atomic mass is 9.84. The minimum atomic E-state index is -2.37. The first-order valence-corrected chi connectivity index (χ1v) is 8.15. The number of nitrogens with zero attached hydrogens (tertiary/aromatic N) is 1. The molecule has 0 amide bonds. The van der Waals surface area contributed by atoms with E-state index in [9.17, 15) is 19.5 Å². The Labute approximate surface area is 143 Å². The van der Waals surface area contributed by atoms with Crippen molar-refractivity contribution in [3.63, 3.8) is 0 Å². The molecule has 0 saturated carbocycles. The Morgan fingerprint density at radius 1 is 1.48 bits per heavy atom. The number of carbonyl (C=O) groups excluding carboxylic acids is 1. The van der Waals surface area contributed by atoms with Crippen LogP contribution in [0.3, 0.4) is 0 Å². The van der Waals surface area contributed by atoms with Gasteiger partial charge in [-0.1, -0.05) is 13.3 Å². The van der Waals surface area contributed by atoms with Crippen LogP contribution in [0, 0.1) is 0 Å². The molecule has 25 heavy (non-hydrogen) atoms. The van der Waals surface area contributed by atoms with E-state index in [4.69, 9.17) is 9.47 Å². The van der Waals surface area contributed by atoms with Crippen LogP contribution in [0.4, 0.5) is 4.39 Å². The maximum Gasteiger partial charge on any atom is 0.330 e. The molecule has 1 aromatic heterocycles. The fourth-order valence-corrected chi connectivity index (χ4v) is 2.68. The minimum absolute atomic E-state index is 0.223. The topological polar surface area (TPSA) is 111 Å². The van der Waals surface area contributed by atoms with Gasteiger partial charge >= 0.3 is 11.7 Å². The van der Waals surface area contributed by atoms with E-state index in [0.29, 0.717) is 6.42 Å². The van der Waals surface area contributed by atoms with Gasteiger partial charge in [-0.05, 0) is 20.3 Å². The van der Waals surface area contributed by atoms with Gasteiger partial charge in [0.05, 0.1) is 0 Å². The Bertz CT molecular complexity index is 739. The van der Waals surface area contributed by atoms with E-state index in [1.807, 2.05) is 11.9 Å². The van der Waals surface area contributed by atoms with Gasteiger partial charge in [0.2, 0.25) is 0 Å². The number of hydrogen-bond acceptors (Lipinski definition) is 6. The SMILES string of the molecule is CCCCC(=O)OC[C@H]1O[C@@H](n2ccc(=O)[nH]c2=O)[C@](C)(F)[C@@]1(C)O. The van der Waals surface area contributed by atoms with Gasteiger partial charge in [-0.25, -0.2) is 9.18 Å². The van der Waals surface area contributed by atoms with E-state index in [1.165, 1.54) is 6.92 Å². The molecule has 1 aliphatic rings. The van der Waals surface area contributed by atoms with Crippen molar-refractivity contribution in [1.29, 1.82) is 0 Å². The quantitative estimate of drug-likeness (QED) is 0.722. The Balaban J connectivity index is 2.20. The van der Waals surface area contributed by atoms with Gasteiger partial charge in [0, 0.05) is 18.7 Å². The van der Waals surface area contributed by atoms with E-state index >= 15 is 4.39 Å². The maximum absolute atomic E-state index is 15.2. The summed E-state index contributed by atoms with van der Waals surface area (Å²) in [6.45, 7) is 3.89. The summed E-state index contributed by atoms with van der Waals surface area (Å²) in [5.41, 5.74) is -5.88. The van der Waals surface area contributed by atoms with Crippen molar-refractivity contribution in [1.82, 2.24) is 9.55 Å². The molecule has 0 spiro atoms. The number of aromatic nitrogens is 2. The summed E-state index contributed by atoms with van der Waals surface area (Å²) in [5, 5.41) is 10.6. The van der Waals surface area contributed by atoms with Crippen molar-refractivity contribution < 1.29 is 23.8 Å². The third-order valence-corrected chi connectivity index (χ3v) is 4.61. The highest BCUT2D eigenvalue weighted by Crippen LogP contribution is 2.47. The molecule has 0 aromatic carbocycles. The number of esters is 1. The number of nitrogens with one attached hydrogen (secondary N) is 1. The molecule has 0 aliphatic carbocycles. The molecular formula is C16H23FN2O6. The molecule has 8 nitrogen and oxygen atoms in total. The zero-order valence-corrected chi connectivity index (χ0v) is 14.5.